The van der Waals surface area contributed by atoms with E-state index in [-0.39, 0.29) is 30.4 Å². The molecule has 3 atom stereocenters. The molecule has 1 aliphatic carbocycles. The van der Waals surface area contributed by atoms with Gasteiger partial charge in [0.05, 0.1) is 40.4 Å². The van der Waals surface area contributed by atoms with Gasteiger partial charge in [0.2, 0.25) is 11.8 Å². The van der Waals surface area contributed by atoms with Crippen molar-refractivity contribution in [1.82, 2.24) is 34.5 Å². The van der Waals surface area contributed by atoms with E-state index in [4.69, 9.17) is 5.10 Å². The Kier molecular flexibility index (Phi) is 9.68. The number of carbonyl (C=O) groups is 3. The summed E-state index contributed by atoms with van der Waals surface area (Å²) in [5.74, 6) is -2.73. The molecule has 7 heterocycles. The van der Waals surface area contributed by atoms with Crippen LogP contribution in [0.15, 0.2) is 54.9 Å². The van der Waals surface area contributed by atoms with Gasteiger partial charge < -0.3 is 15.3 Å². The first-order chi connectivity index (χ1) is 29.3. The smallest absolute Gasteiger partial charge is 0.274 e. The van der Waals surface area contributed by atoms with Crippen LogP contribution < -0.4 is 15.5 Å². The number of carbonyl (C=O) groups excluding carboxylic acids is 3. The summed E-state index contributed by atoms with van der Waals surface area (Å²) in [5.41, 5.74) is 2.12. The number of likely N-dealkylation sites (tertiary alicyclic amines) is 2. The second-order valence-electron chi connectivity index (χ2n) is 18.3. The fourth-order valence-corrected chi connectivity index (χ4v) is 10.6. The van der Waals surface area contributed by atoms with E-state index in [2.05, 4.69) is 36.3 Å². The Bertz CT molecular complexity index is 2600. The highest BCUT2D eigenvalue weighted by molar-refractivity contribution is 6.05. The van der Waals surface area contributed by atoms with E-state index in [1.807, 2.05) is 23.2 Å². The molecular weight excluding hydrogens is 783 g/mol. The van der Waals surface area contributed by atoms with Crippen LogP contribution in [0.4, 0.5) is 20.2 Å². The van der Waals surface area contributed by atoms with Gasteiger partial charge in [-0.15, -0.1) is 0 Å². The fourth-order valence-electron chi connectivity index (χ4n) is 10.6. The number of imide groups is 1. The Balaban J connectivity index is 0.731. The highest BCUT2D eigenvalue weighted by Crippen LogP contribution is 2.41. The number of nitrogens with zero attached hydrogens (tertiary/aromatic N) is 8. The van der Waals surface area contributed by atoms with Crippen LogP contribution in [0.3, 0.4) is 0 Å². The summed E-state index contributed by atoms with van der Waals surface area (Å²) in [5, 5.41) is 35.7. The van der Waals surface area contributed by atoms with Gasteiger partial charge in [-0.3, -0.25) is 34.2 Å². The molecule has 3 aromatic heterocycles. The number of anilines is 2. The summed E-state index contributed by atoms with van der Waals surface area (Å²) in [4.78, 5) is 44.6. The molecule has 3 amide bonds. The molecule has 0 radical (unpaired) electrons. The average molecular weight is 831 g/mol. The predicted octanol–water partition coefficient (Wildman–Crippen LogP) is 5.07. The summed E-state index contributed by atoms with van der Waals surface area (Å²) in [6.07, 6.45) is 7.81. The molecule has 316 valence electrons. The van der Waals surface area contributed by atoms with Crippen molar-refractivity contribution >= 4 is 45.5 Å². The van der Waals surface area contributed by atoms with Crippen molar-refractivity contribution < 1.29 is 28.3 Å². The van der Waals surface area contributed by atoms with Crippen molar-refractivity contribution in [3.05, 3.63) is 88.9 Å². The first kappa shape index (κ1) is 39.4. The first-order valence-electron chi connectivity index (χ1n) is 21.3. The van der Waals surface area contributed by atoms with E-state index in [1.54, 1.807) is 32.0 Å². The normalized spacial score (nSPS) is 25.2. The predicted molar refractivity (Wildman–Crippen MR) is 222 cm³/mol. The number of fused-ring (bicyclic) bond motifs is 3. The van der Waals surface area contributed by atoms with Crippen LogP contribution in [0.1, 0.15) is 91.5 Å². The van der Waals surface area contributed by atoms with E-state index in [1.165, 1.54) is 22.8 Å². The van der Waals surface area contributed by atoms with E-state index in [9.17, 15) is 24.8 Å². The third kappa shape index (κ3) is 7.21. The summed E-state index contributed by atoms with van der Waals surface area (Å²) in [6, 6.07) is 14.6. The summed E-state index contributed by atoms with van der Waals surface area (Å²) < 4.78 is 33.9. The third-order valence-electron chi connectivity index (χ3n) is 13.9. The van der Waals surface area contributed by atoms with E-state index >= 15 is 8.78 Å². The molecule has 10 rings (SSSR count). The molecule has 1 saturated carbocycles. The van der Waals surface area contributed by atoms with Crippen LogP contribution in [0.2, 0.25) is 0 Å². The van der Waals surface area contributed by atoms with Gasteiger partial charge in [0, 0.05) is 91.9 Å². The number of aliphatic hydroxyl groups is 1. The van der Waals surface area contributed by atoms with Gasteiger partial charge in [0.25, 0.3) is 5.91 Å². The van der Waals surface area contributed by atoms with E-state index < -0.39 is 35.0 Å². The van der Waals surface area contributed by atoms with Crippen LogP contribution in [0.5, 0.6) is 0 Å². The number of nitrogens with one attached hydrogen (secondary N) is 2. The lowest BCUT2D eigenvalue weighted by Gasteiger charge is -2.46. The molecule has 4 saturated heterocycles. The first-order valence-corrected chi connectivity index (χ1v) is 21.3. The molecule has 61 heavy (non-hydrogen) atoms. The number of nitriles is 1. The highest BCUT2D eigenvalue weighted by Gasteiger charge is 2.46. The molecule has 5 fully saturated rings. The third-order valence-corrected chi connectivity index (χ3v) is 13.9. The maximum Gasteiger partial charge on any atom is 0.274 e. The molecule has 3 N–H and O–H groups in total. The van der Waals surface area contributed by atoms with Crippen LogP contribution in [0.25, 0.3) is 16.4 Å². The maximum absolute atomic E-state index is 15.2. The lowest BCUT2D eigenvalue weighted by atomic mass is 9.89. The van der Waals surface area contributed by atoms with Gasteiger partial charge in [-0.05, 0) is 100 Å². The van der Waals surface area contributed by atoms with Crippen LogP contribution in [-0.2, 0) is 15.2 Å². The van der Waals surface area contributed by atoms with Gasteiger partial charge in [-0.25, -0.2) is 13.3 Å². The summed E-state index contributed by atoms with van der Waals surface area (Å²) in [6.45, 7) is 9.01. The topological polar surface area (TPSA) is 164 Å². The average Bonchev–Trinajstić information content (AvgIpc) is 4.00. The van der Waals surface area contributed by atoms with Crippen molar-refractivity contribution in [2.24, 2.45) is 11.8 Å². The van der Waals surface area contributed by atoms with Crippen molar-refractivity contribution in [2.45, 2.75) is 82.0 Å². The van der Waals surface area contributed by atoms with Gasteiger partial charge in [-0.1, -0.05) is 0 Å². The molecule has 0 unspecified atom stereocenters. The van der Waals surface area contributed by atoms with Crippen molar-refractivity contribution in [2.75, 3.05) is 49.5 Å². The standard InChI is InChI=1S/C45H48F2N10O4/c1-45(2,61)35-15-38-26(12-39(35)50-44(60)40-9-7-31-11-25(16-48)17-49-57(31)40)22-56(52-38)30-5-3-29(4-6-30)53-18-27-20-54(21-28(27)19-53)33-23-55(24-33)32-13-36(46)42(37(47)14-32)34-8-10-41(58)51-43(34)59/h7,9,11-15,17,22,27-30,33-34,61H,3-6,8,10,18-21,23-24H2,1-2H3,(H,50,60)(H,51,58,59)/t27-,28-,29?,30?,34-/m1/s1. The Morgan fingerprint density at radius 3 is 2.23 bits per heavy atom. The van der Waals surface area contributed by atoms with Crippen LogP contribution in [-0.4, -0.2) is 103 Å². The Morgan fingerprint density at radius 1 is 0.902 bits per heavy atom. The van der Waals surface area contributed by atoms with Gasteiger partial charge in [0.1, 0.15) is 23.4 Å². The highest BCUT2D eigenvalue weighted by atomic mass is 19.1. The van der Waals surface area contributed by atoms with Crippen LogP contribution >= 0.6 is 0 Å². The number of hydrogen-bond donors (Lipinski definition) is 3. The monoisotopic (exact) mass is 830 g/mol. The van der Waals surface area contributed by atoms with Crippen molar-refractivity contribution in [3.63, 3.8) is 0 Å². The SMILES string of the molecule is CC(C)(O)c1cc2nn(C3CCC(N4C[C@@H]5CN(C6CN(c7cc(F)c([C@H]8CCC(=O)NC8=O)c(F)c7)C6)C[C@H]5C4)CC3)cc2cc1NC(=O)c1ccc2cc(C#N)cnn12. The quantitative estimate of drug-likeness (QED) is 0.180. The molecule has 14 nitrogen and oxygen atoms in total. The Hall–Kier alpha value is -5.76. The van der Waals surface area contributed by atoms with E-state index in [0.717, 1.165) is 62.8 Å². The zero-order valence-corrected chi connectivity index (χ0v) is 34.2. The molecule has 0 spiro atoms. The molecule has 5 aliphatic rings. The fraction of sp³-hybridized carbons (Fsp3) is 0.467. The van der Waals surface area contributed by atoms with Crippen molar-refractivity contribution in [3.8, 4) is 6.07 Å². The minimum absolute atomic E-state index is 0.0622. The van der Waals surface area contributed by atoms with Gasteiger partial charge in [0.15, 0.2) is 0 Å². The molecule has 5 aromatic rings. The number of amides is 3. The zero-order chi connectivity index (χ0) is 42.3. The summed E-state index contributed by atoms with van der Waals surface area (Å²) >= 11 is 0. The lowest BCUT2D eigenvalue weighted by molar-refractivity contribution is -0.134. The minimum atomic E-state index is -1.25. The van der Waals surface area contributed by atoms with Crippen LogP contribution in [0, 0.1) is 34.8 Å². The molecule has 0 bridgehead atoms. The number of halogens is 2. The summed E-state index contributed by atoms with van der Waals surface area (Å²) in [7, 11) is 0. The maximum atomic E-state index is 15.2. The lowest BCUT2D eigenvalue weighted by Crippen LogP contribution is -2.59. The Labute approximate surface area is 351 Å². The van der Waals surface area contributed by atoms with Gasteiger partial charge in [-0.2, -0.15) is 15.5 Å². The zero-order valence-electron chi connectivity index (χ0n) is 34.2. The molecule has 16 heteroatoms. The minimum Gasteiger partial charge on any atom is -0.386 e. The van der Waals surface area contributed by atoms with Crippen molar-refractivity contribution in [1.29, 1.82) is 5.26 Å². The second-order valence-corrected chi connectivity index (χ2v) is 18.3. The molecular formula is C45H48F2N10O4. The number of rotatable bonds is 8. The number of hydrogen-bond acceptors (Lipinski definition) is 10. The van der Waals surface area contributed by atoms with Gasteiger partial charge >= 0.3 is 0 Å². The van der Waals surface area contributed by atoms with E-state index in [0.29, 0.717) is 70.7 Å². The molecule has 4 aliphatic heterocycles. The largest absolute Gasteiger partial charge is 0.386 e. The number of aromatic nitrogens is 4. The number of benzene rings is 2. The molecule has 2 aromatic carbocycles. The second kappa shape index (κ2) is 15.0. The number of piperidine rings is 1. The Morgan fingerprint density at radius 2 is 1.57 bits per heavy atom.